The standard InChI is InChI=1S/C51H30N4.C43H26N4.C36H23N3/c1-52-39-23-20-33(21-24-39)50-44-25-22-38(37-19-18-32-10-2-3-11-34(32)28-37)30-46(44)53-51(54-50)43-26-27-48(41-15-7-6-14-40(41)43)55-47-17-9-8-16-42(47)45-29-35-12-4-5-13-36(35)31-49(45)55;1-44-38-27-33(47-40-19-11-10-18-34(40)37-24-30-16-8-9-17-31(30)26-41(37)47)21-23-36(38)43-45-39-25-32(28-12-4-2-5-13-28)20-22-35(39)42(46-43)29-14-6-3-7-15-29;1-2-10-24(11-3-1)35-30-15-6-7-16-31(30)36(38-37-35)25-18-20-28(21-19-25)39-33-17-9-8-14-29(33)32-22-26-12-4-5-13-27(26)23-34(32)39/h2-31H;2-27H;1-23H/i;;1D,2D,3D,10D,11D. The van der Waals surface area contributed by atoms with Crippen LogP contribution in [0.3, 0.4) is 0 Å². The molecule has 28 rings (SSSR count). The van der Waals surface area contributed by atoms with E-state index in [2.05, 4.69) is 373 Å². The van der Waals surface area contributed by atoms with Gasteiger partial charge in [-0.05, 0) is 198 Å². The molecule has 0 amide bonds. The van der Waals surface area contributed by atoms with E-state index in [0.29, 0.717) is 39.7 Å². The third kappa shape index (κ3) is 14.5. The minimum absolute atomic E-state index is 0.0421. The van der Waals surface area contributed by atoms with Crippen molar-refractivity contribution in [1.82, 2.24) is 43.8 Å². The Balaban J connectivity index is 0.000000112. The number of benzene rings is 22. The summed E-state index contributed by atoms with van der Waals surface area (Å²) in [5.74, 6) is 1.19. The average molecular weight is 1800 g/mol. The van der Waals surface area contributed by atoms with Crippen molar-refractivity contribution in [1.29, 1.82) is 0 Å². The van der Waals surface area contributed by atoms with E-state index < -0.39 is 18.1 Å². The Labute approximate surface area is 817 Å². The fourth-order valence-corrected chi connectivity index (χ4v) is 20.6. The number of aromatic nitrogens is 9. The van der Waals surface area contributed by atoms with Crippen LogP contribution < -0.4 is 0 Å². The van der Waals surface area contributed by atoms with Crippen molar-refractivity contribution in [2.24, 2.45) is 0 Å². The molecule has 0 fully saturated rings. The molecule has 0 radical (unpaired) electrons. The van der Waals surface area contributed by atoms with Gasteiger partial charge in [-0.2, -0.15) is 0 Å². The lowest BCUT2D eigenvalue weighted by molar-refractivity contribution is 1.06. The molecule has 28 aromatic rings. The number of hydrogen-bond donors (Lipinski definition) is 0. The van der Waals surface area contributed by atoms with Crippen LogP contribution in [-0.4, -0.2) is 43.8 Å². The molecule has 0 aliphatic rings. The highest BCUT2D eigenvalue weighted by Gasteiger charge is 2.25. The zero-order valence-electron chi connectivity index (χ0n) is 80.6. The van der Waals surface area contributed by atoms with Crippen molar-refractivity contribution >= 4 is 163 Å². The van der Waals surface area contributed by atoms with Crippen LogP contribution in [0.25, 0.3) is 269 Å². The Kier molecular flexibility index (Phi) is 18.8. The fourth-order valence-electron chi connectivity index (χ4n) is 20.6. The second-order valence-electron chi connectivity index (χ2n) is 35.4. The molecule has 11 heteroatoms. The summed E-state index contributed by atoms with van der Waals surface area (Å²) in [5, 5.41) is 31.4. The maximum Gasteiger partial charge on any atom is 0.200 e. The minimum atomic E-state index is -0.436. The summed E-state index contributed by atoms with van der Waals surface area (Å²) in [5.41, 5.74) is 24.2. The van der Waals surface area contributed by atoms with Crippen molar-refractivity contribution in [3.05, 3.63) is 502 Å². The molecular formula is C130H79N11. The zero-order chi connectivity index (χ0) is 97.9. The Morgan fingerprint density at radius 2 is 0.589 bits per heavy atom. The normalized spacial score (nSPS) is 12.0. The zero-order valence-corrected chi connectivity index (χ0v) is 75.6. The van der Waals surface area contributed by atoms with Crippen molar-refractivity contribution in [2.75, 3.05) is 0 Å². The summed E-state index contributed by atoms with van der Waals surface area (Å²) in [6, 6.07) is 154. The lowest BCUT2D eigenvalue weighted by Crippen LogP contribution is -1.99. The maximum absolute atomic E-state index is 8.47. The number of nitrogens with zero attached hydrogens (tertiary/aromatic N) is 11. The number of fused-ring (bicyclic) bond motifs is 17. The molecule has 0 saturated heterocycles. The topological polar surface area (TPSA) is 101 Å². The van der Waals surface area contributed by atoms with Gasteiger partial charge in [0.05, 0.1) is 81.2 Å². The molecule has 0 aliphatic carbocycles. The van der Waals surface area contributed by atoms with Crippen LogP contribution in [0.1, 0.15) is 6.85 Å². The summed E-state index contributed by atoms with van der Waals surface area (Å²) < 4.78 is 48.1. The lowest BCUT2D eigenvalue weighted by atomic mass is 9.98. The fraction of sp³-hybridized carbons (Fsp3) is 0. The Morgan fingerprint density at radius 3 is 1.12 bits per heavy atom. The van der Waals surface area contributed by atoms with E-state index >= 15 is 0 Å². The molecule has 0 unspecified atom stereocenters. The Bertz CT molecular complexity index is 10400. The van der Waals surface area contributed by atoms with Crippen LogP contribution >= 0.6 is 0 Å². The largest absolute Gasteiger partial charge is 0.310 e. The molecular weight excluding hydrogens is 1720 g/mol. The summed E-state index contributed by atoms with van der Waals surface area (Å²) in [6.07, 6.45) is 0. The quantitative estimate of drug-likeness (QED) is 0.120. The Morgan fingerprint density at radius 1 is 0.213 bits per heavy atom. The van der Waals surface area contributed by atoms with Crippen LogP contribution in [-0.2, 0) is 0 Å². The minimum Gasteiger partial charge on any atom is -0.310 e. The van der Waals surface area contributed by atoms with Gasteiger partial charge in [0, 0.05) is 98.4 Å². The van der Waals surface area contributed by atoms with Crippen molar-refractivity contribution in [2.45, 2.75) is 0 Å². The summed E-state index contributed by atoms with van der Waals surface area (Å²) in [4.78, 5) is 28.5. The number of hydrogen-bond acceptors (Lipinski definition) is 6. The van der Waals surface area contributed by atoms with Gasteiger partial charge >= 0.3 is 0 Å². The van der Waals surface area contributed by atoms with Crippen LogP contribution in [0.5, 0.6) is 0 Å². The van der Waals surface area contributed by atoms with E-state index in [1.807, 2.05) is 109 Å². The van der Waals surface area contributed by atoms with Crippen LogP contribution in [0, 0.1) is 13.1 Å². The van der Waals surface area contributed by atoms with Gasteiger partial charge < -0.3 is 13.7 Å². The molecule has 6 aromatic heterocycles. The first-order valence-corrected chi connectivity index (χ1v) is 46.8. The molecule has 0 bridgehead atoms. The smallest absolute Gasteiger partial charge is 0.200 e. The second-order valence-corrected chi connectivity index (χ2v) is 35.4. The van der Waals surface area contributed by atoms with Gasteiger partial charge in [0.25, 0.3) is 0 Å². The van der Waals surface area contributed by atoms with Crippen molar-refractivity contribution < 1.29 is 6.85 Å². The highest BCUT2D eigenvalue weighted by molar-refractivity contribution is 6.18. The first-order chi connectivity index (χ1) is 71.9. The molecule has 22 aromatic carbocycles. The molecule has 654 valence electrons. The SMILES string of the molecule is [2H]c1c([2H])c([2H])c(-c2nnc(-c3ccc(-n4c5ccccc5c5cc6ccccc6cc54)cc3)c3ccccc23)c([2H])c1[2H].[C-]#[N+]c1cc(-n2c3ccccc3c3cc4ccccc4cc32)ccc1-c1nc(-c2ccccc2)c2ccc(-c3ccccc3)cc2n1.[C-]#[N+]c1ccc(-c2nc(-c3ccc(-n4c5ccccc5c5cc6ccccc6cc54)c4ccccc34)nc3cc(-c4ccc5ccccc5c4)ccc23)cc1. The molecule has 11 nitrogen and oxygen atoms in total. The predicted molar refractivity (Wildman–Crippen MR) is 585 cm³/mol. The predicted octanol–water partition coefficient (Wildman–Crippen LogP) is 34.4. The molecule has 0 spiro atoms. The lowest BCUT2D eigenvalue weighted by Gasteiger charge is -2.16. The molecule has 0 atom stereocenters. The van der Waals surface area contributed by atoms with Gasteiger partial charge in [-0.1, -0.05) is 358 Å². The summed E-state index contributed by atoms with van der Waals surface area (Å²) in [7, 11) is 0. The van der Waals surface area contributed by atoms with Gasteiger partial charge in [-0.3, -0.25) is 0 Å². The first kappa shape index (κ1) is 76.9. The monoisotopic (exact) mass is 1800 g/mol. The highest BCUT2D eigenvalue weighted by Crippen LogP contribution is 2.46. The second kappa shape index (κ2) is 34.5. The highest BCUT2D eigenvalue weighted by atomic mass is 15.1. The molecule has 0 saturated carbocycles. The molecule has 0 N–H and O–H groups in total. The summed E-state index contributed by atoms with van der Waals surface area (Å²) in [6.45, 7) is 15.8. The van der Waals surface area contributed by atoms with Gasteiger partial charge in [-0.25, -0.2) is 29.6 Å². The molecule has 141 heavy (non-hydrogen) atoms. The number of rotatable bonds is 11. The van der Waals surface area contributed by atoms with Gasteiger partial charge in [0.15, 0.2) is 17.2 Å². The van der Waals surface area contributed by atoms with E-state index in [9.17, 15) is 0 Å². The van der Waals surface area contributed by atoms with Gasteiger partial charge in [0.2, 0.25) is 0 Å². The molecule has 6 heterocycles. The maximum atomic E-state index is 8.47. The number of para-hydroxylation sites is 3. The third-order valence-corrected chi connectivity index (χ3v) is 27.3. The Hall–Kier alpha value is -19.5. The van der Waals surface area contributed by atoms with Crippen LogP contribution in [0.15, 0.2) is 479 Å². The van der Waals surface area contributed by atoms with Crippen molar-refractivity contribution in [3.63, 3.8) is 0 Å². The van der Waals surface area contributed by atoms with Crippen LogP contribution in [0.4, 0.5) is 11.4 Å². The van der Waals surface area contributed by atoms with E-state index in [-0.39, 0.29) is 23.3 Å². The first-order valence-electron chi connectivity index (χ1n) is 49.3. The van der Waals surface area contributed by atoms with E-state index in [1.165, 1.54) is 86.4 Å². The third-order valence-electron chi connectivity index (χ3n) is 27.3. The molecule has 0 aliphatic heterocycles. The van der Waals surface area contributed by atoms with E-state index in [1.54, 1.807) is 0 Å². The van der Waals surface area contributed by atoms with E-state index in [0.717, 1.165) is 133 Å². The average Bonchev–Trinajstić information content (AvgIpc) is 1.53. The summed E-state index contributed by atoms with van der Waals surface area (Å²) >= 11 is 0. The van der Waals surface area contributed by atoms with E-state index in [4.69, 9.17) is 39.9 Å². The van der Waals surface area contributed by atoms with Gasteiger partial charge in [0.1, 0.15) is 17.2 Å². The van der Waals surface area contributed by atoms with Gasteiger partial charge in [-0.15, -0.1) is 10.2 Å². The van der Waals surface area contributed by atoms with Crippen LogP contribution in [0.2, 0.25) is 0 Å². The van der Waals surface area contributed by atoms with Crippen molar-refractivity contribution in [3.8, 4) is 107 Å².